The molecule has 1 amide bonds. The van der Waals surface area contributed by atoms with E-state index in [9.17, 15) is 9.59 Å². The normalized spacial score (nSPS) is 10.1. The third-order valence-electron chi connectivity index (χ3n) is 2.79. The van der Waals surface area contributed by atoms with Crippen LogP contribution >= 0.6 is 0 Å². The average Bonchev–Trinajstić information content (AvgIpc) is 2.43. The Morgan fingerprint density at radius 2 is 2.16 bits per heavy atom. The van der Waals surface area contributed by atoms with Crippen molar-refractivity contribution in [3.05, 3.63) is 46.5 Å². The summed E-state index contributed by atoms with van der Waals surface area (Å²) in [4.78, 5) is 25.1. The molecule has 0 saturated carbocycles. The quantitative estimate of drug-likeness (QED) is 0.838. The van der Waals surface area contributed by atoms with Gasteiger partial charge < -0.3 is 9.32 Å². The minimum atomic E-state index is -0.532. The van der Waals surface area contributed by atoms with Crippen LogP contribution in [0.25, 0.3) is 10.8 Å². The van der Waals surface area contributed by atoms with Crippen molar-refractivity contribution in [1.82, 2.24) is 4.90 Å². The summed E-state index contributed by atoms with van der Waals surface area (Å²) in [6.45, 7) is 0.297. The lowest BCUT2D eigenvalue weighted by molar-refractivity contribution is 0.0762. The standard InChI is InChI=1S/C14H12N2O3/c1-16(8-4-7-15)13(17)12-9-10-5-2-3-6-11(10)14(18)19-12/h2-3,5-6,9H,4,8H2,1H3. The number of carbonyl (C=O) groups is 1. The van der Waals surface area contributed by atoms with E-state index in [0.717, 1.165) is 0 Å². The summed E-state index contributed by atoms with van der Waals surface area (Å²) in [6, 6.07) is 10.4. The molecule has 2 aromatic rings. The minimum Gasteiger partial charge on any atom is -0.417 e. The van der Waals surface area contributed by atoms with Crippen molar-refractivity contribution in [2.75, 3.05) is 13.6 Å². The molecule has 0 N–H and O–H groups in total. The van der Waals surface area contributed by atoms with Crippen molar-refractivity contribution in [1.29, 1.82) is 5.26 Å². The van der Waals surface area contributed by atoms with Gasteiger partial charge in [-0.05, 0) is 17.5 Å². The maximum absolute atomic E-state index is 12.0. The van der Waals surface area contributed by atoms with Crippen LogP contribution in [-0.4, -0.2) is 24.4 Å². The number of amides is 1. The molecule has 0 atom stereocenters. The van der Waals surface area contributed by atoms with Crippen LogP contribution in [0.3, 0.4) is 0 Å². The highest BCUT2D eigenvalue weighted by Crippen LogP contribution is 2.12. The second-order valence-corrected chi connectivity index (χ2v) is 4.12. The van der Waals surface area contributed by atoms with Crippen LogP contribution in [0.1, 0.15) is 17.0 Å². The largest absolute Gasteiger partial charge is 0.417 e. The predicted octanol–water partition coefficient (Wildman–Crippen LogP) is 1.78. The van der Waals surface area contributed by atoms with Crippen LogP contribution in [0, 0.1) is 11.3 Å². The maximum Gasteiger partial charge on any atom is 0.344 e. The highest BCUT2D eigenvalue weighted by atomic mass is 16.4. The van der Waals surface area contributed by atoms with E-state index in [1.165, 1.54) is 4.90 Å². The molecular formula is C14H12N2O3. The van der Waals surface area contributed by atoms with Crippen molar-refractivity contribution in [3.8, 4) is 6.07 Å². The van der Waals surface area contributed by atoms with E-state index in [-0.39, 0.29) is 12.2 Å². The van der Waals surface area contributed by atoms with Gasteiger partial charge in [0.1, 0.15) is 0 Å². The Labute approximate surface area is 109 Å². The molecule has 5 nitrogen and oxygen atoms in total. The predicted molar refractivity (Wildman–Crippen MR) is 69.7 cm³/mol. The molecule has 0 aliphatic heterocycles. The molecule has 2 rings (SSSR count). The van der Waals surface area contributed by atoms with Gasteiger partial charge in [-0.1, -0.05) is 18.2 Å². The first-order valence-corrected chi connectivity index (χ1v) is 5.79. The van der Waals surface area contributed by atoms with Gasteiger partial charge in [0.15, 0.2) is 5.76 Å². The summed E-state index contributed by atoms with van der Waals surface area (Å²) in [7, 11) is 1.56. The molecule has 0 bridgehead atoms. The number of nitriles is 1. The number of hydrogen-bond acceptors (Lipinski definition) is 4. The number of carbonyl (C=O) groups excluding carboxylic acids is 1. The van der Waals surface area contributed by atoms with E-state index >= 15 is 0 Å². The van der Waals surface area contributed by atoms with Gasteiger partial charge in [-0.2, -0.15) is 5.26 Å². The molecule has 0 aliphatic rings. The summed E-state index contributed by atoms with van der Waals surface area (Å²) in [6.07, 6.45) is 0.236. The van der Waals surface area contributed by atoms with Crippen LogP contribution in [0.2, 0.25) is 0 Å². The smallest absolute Gasteiger partial charge is 0.344 e. The zero-order valence-corrected chi connectivity index (χ0v) is 10.4. The van der Waals surface area contributed by atoms with Crippen molar-refractivity contribution in [2.45, 2.75) is 6.42 Å². The Balaban J connectivity index is 2.38. The van der Waals surface area contributed by atoms with E-state index in [1.54, 1.807) is 37.4 Å². The van der Waals surface area contributed by atoms with Crippen molar-refractivity contribution < 1.29 is 9.21 Å². The summed E-state index contributed by atoms with van der Waals surface area (Å²) in [5, 5.41) is 9.60. The fraction of sp³-hybridized carbons (Fsp3) is 0.214. The maximum atomic E-state index is 12.0. The first kappa shape index (κ1) is 12.8. The molecule has 5 heteroatoms. The highest BCUT2D eigenvalue weighted by molar-refractivity contribution is 5.95. The van der Waals surface area contributed by atoms with Gasteiger partial charge in [-0.3, -0.25) is 4.79 Å². The van der Waals surface area contributed by atoms with E-state index in [0.29, 0.717) is 17.3 Å². The van der Waals surface area contributed by atoms with Crippen LogP contribution in [0.4, 0.5) is 0 Å². The molecule has 0 fully saturated rings. The molecule has 0 saturated heterocycles. The molecule has 1 aromatic heterocycles. The number of fused-ring (bicyclic) bond motifs is 1. The molecular weight excluding hydrogens is 244 g/mol. The van der Waals surface area contributed by atoms with Crippen molar-refractivity contribution in [3.63, 3.8) is 0 Å². The van der Waals surface area contributed by atoms with Gasteiger partial charge in [0.05, 0.1) is 17.9 Å². The zero-order chi connectivity index (χ0) is 13.8. The third kappa shape index (κ3) is 2.63. The average molecular weight is 256 g/mol. The van der Waals surface area contributed by atoms with Gasteiger partial charge in [0.25, 0.3) is 5.91 Å². The van der Waals surface area contributed by atoms with Gasteiger partial charge in [0.2, 0.25) is 0 Å². The van der Waals surface area contributed by atoms with Crippen LogP contribution in [0.15, 0.2) is 39.5 Å². The molecule has 96 valence electrons. The lowest BCUT2D eigenvalue weighted by atomic mass is 10.1. The van der Waals surface area contributed by atoms with Gasteiger partial charge in [0, 0.05) is 13.6 Å². The molecule has 19 heavy (non-hydrogen) atoms. The summed E-state index contributed by atoms with van der Waals surface area (Å²) < 4.78 is 5.02. The first-order chi connectivity index (χ1) is 9.13. The number of benzene rings is 1. The van der Waals surface area contributed by atoms with Gasteiger partial charge in [-0.25, -0.2) is 4.79 Å². The SMILES string of the molecule is CN(CCC#N)C(=O)c1cc2ccccc2c(=O)o1. The molecule has 1 heterocycles. The Hall–Kier alpha value is -2.61. The highest BCUT2D eigenvalue weighted by Gasteiger charge is 2.16. The number of hydrogen-bond donors (Lipinski definition) is 0. The second kappa shape index (κ2) is 5.36. The molecule has 0 spiro atoms. The van der Waals surface area contributed by atoms with Crippen LogP contribution in [-0.2, 0) is 0 Å². The Morgan fingerprint density at radius 1 is 1.42 bits per heavy atom. The Morgan fingerprint density at radius 3 is 2.89 bits per heavy atom. The summed E-state index contributed by atoms with van der Waals surface area (Å²) >= 11 is 0. The molecule has 1 aromatic carbocycles. The molecule has 0 aliphatic carbocycles. The van der Waals surface area contributed by atoms with Crippen molar-refractivity contribution >= 4 is 16.7 Å². The third-order valence-corrected chi connectivity index (χ3v) is 2.79. The molecule has 0 radical (unpaired) electrons. The van der Waals surface area contributed by atoms with E-state index in [2.05, 4.69) is 0 Å². The van der Waals surface area contributed by atoms with Gasteiger partial charge >= 0.3 is 5.63 Å². The van der Waals surface area contributed by atoms with Crippen LogP contribution in [0.5, 0.6) is 0 Å². The van der Waals surface area contributed by atoms with Gasteiger partial charge in [-0.15, -0.1) is 0 Å². The van der Waals surface area contributed by atoms with Crippen LogP contribution < -0.4 is 5.63 Å². The fourth-order valence-corrected chi connectivity index (χ4v) is 1.75. The topological polar surface area (TPSA) is 74.3 Å². The zero-order valence-electron chi connectivity index (χ0n) is 10.4. The van der Waals surface area contributed by atoms with E-state index in [1.807, 2.05) is 6.07 Å². The minimum absolute atomic E-state index is 0.0101. The summed E-state index contributed by atoms with van der Waals surface area (Å²) in [5.74, 6) is -0.415. The second-order valence-electron chi connectivity index (χ2n) is 4.12. The first-order valence-electron chi connectivity index (χ1n) is 5.79. The van der Waals surface area contributed by atoms with E-state index in [4.69, 9.17) is 9.68 Å². The number of nitrogens with zero attached hydrogens (tertiary/aromatic N) is 2. The fourth-order valence-electron chi connectivity index (χ4n) is 1.75. The lowest BCUT2D eigenvalue weighted by Gasteiger charge is -2.14. The Bertz CT molecular complexity index is 712. The van der Waals surface area contributed by atoms with E-state index < -0.39 is 11.5 Å². The lowest BCUT2D eigenvalue weighted by Crippen LogP contribution is -2.28. The Kier molecular flexibility index (Phi) is 3.62. The summed E-state index contributed by atoms with van der Waals surface area (Å²) in [5.41, 5.74) is -0.532. The van der Waals surface area contributed by atoms with Crippen molar-refractivity contribution in [2.24, 2.45) is 0 Å². The monoisotopic (exact) mass is 256 g/mol. The molecule has 0 unspecified atom stereocenters. The number of rotatable bonds is 3.